The van der Waals surface area contributed by atoms with Crippen LogP contribution in [0.5, 0.6) is 0 Å². The average molecular weight is 187 g/mol. The molecule has 0 aromatic heterocycles. The van der Waals surface area contributed by atoms with Crippen molar-refractivity contribution < 1.29 is 0 Å². The van der Waals surface area contributed by atoms with Crippen LogP contribution in [0.2, 0.25) is 0 Å². The van der Waals surface area contributed by atoms with Crippen molar-refractivity contribution in [1.29, 1.82) is 0 Å². The molecule has 14 heavy (non-hydrogen) atoms. The third-order valence-corrected chi connectivity index (χ3v) is 2.92. The molecule has 1 nitrogen and oxygen atoms in total. The molecule has 1 aliphatic carbocycles. The highest BCUT2D eigenvalue weighted by molar-refractivity contribution is 5.89. The van der Waals surface area contributed by atoms with E-state index in [0.717, 1.165) is 5.69 Å². The lowest BCUT2D eigenvalue weighted by Crippen LogP contribution is -2.15. The number of para-hydroxylation sites is 1. The zero-order chi connectivity index (χ0) is 9.80. The van der Waals surface area contributed by atoms with E-state index in [1.165, 1.54) is 31.4 Å². The highest BCUT2D eigenvalue weighted by Crippen LogP contribution is 2.24. The number of aliphatic imine (C=N–C) groups is 1. The van der Waals surface area contributed by atoms with Crippen LogP contribution in [0.3, 0.4) is 0 Å². The van der Waals surface area contributed by atoms with Crippen molar-refractivity contribution in [1.82, 2.24) is 0 Å². The summed E-state index contributed by atoms with van der Waals surface area (Å²) >= 11 is 0. The molecule has 74 valence electrons. The lowest BCUT2D eigenvalue weighted by Gasteiger charge is -2.20. The third kappa shape index (κ3) is 2.22. The third-order valence-electron chi connectivity index (χ3n) is 2.92. The summed E-state index contributed by atoms with van der Waals surface area (Å²) in [6.45, 7) is 2.29. The average Bonchev–Trinajstić information content (AvgIpc) is 2.23. The van der Waals surface area contributed by atoms with Gasteiger partial charge in [0, 0.05) is 5.71 Å². The van der Waals surface area contributed by atoms with Crippen molar-refractivity contribution in [2.45, 2.75) is 32.6 Å². The smallest absolute Gasteiger partial charge is 0.0629 e. The lowest BCUT2D eigenvalue weighted by atomic mass is 9.89. The topological polar surface area (TPSA) is 12.4 Å². The van der Waals surface area contributed by atoms with Crippen molar-refractivity contribution in [3.63, 3.8) is 0 Å². The summed E-state index contributed by atoms with van der Waals surface area (Å²) in [5, 5.41) is 0. The van der Waals surface area contributed by atoms with E-state index < -0.39 is 0 Å². The molecule has 0 bridgehead atoms. The molecule has 1 atom stereocenters. The molecule has 1 fully saturated rings. The number of nitrogens with zero attached hydrogens (tertiary/aromatic N) is 1. The van der Waals surface area contributed by atoms with Gasteiger partial charge >= 0.3 is 0 Å². The Balaban J connectivity index is 2.17. The molecular weight excluding hydrogens is 170 g/mol. The van der Waals surface area contributed by atoms with E-state index in [9.17, 15) is 0 Å². The second kappa shape index (κ2) is 4.41. The Morgan fingerprint density at radius 1 is 1.14 bits per heavy atom. The molecule has 0 radical (unpaired) electrons. The molecule has 2 rings (SSSR count). The number of hydrogen-bond acceptors (Lipinski definition) is 1. The van der Waals surface area contributed by atoms with Gasteiger partial charge in [-0.1, -0.05) is 31.5 Å². The van der Waals surface area contributed by atoms with Crippen LogP contribution in [0.15, 0.2) is 35.3 Å². The first-order valence-electron chi connectivity index (χ1n) is 5.49. The first kappa shape index (κ1) is 9.45. The van der Waals surface area contributed by atoms with Gasteiger partial charge in [-0.2, -0.15) is 0 Å². The zero-order valence-electron chi connectivity index (χ0n) is 8.74. The Morgan fingerprint density at radius 2 is 1.93 bits per heavy atom. The van der Waals surface area contributed by atoms with E-state index >= 15 is 0 Å². The van der Waals surface area contributed by atoms with Crippen LogP contribution in [0.25, 0.3) is 0 Å². The highest BCUT2D eigenvalue weighted by atomic mass is 14.8. The van der Waals surface area contributed by atoms with E-state index in [1.54, 1.807) is 0 Å². The van der Waals surface area contributed by atoms with E-state index in [1.807, 2.05) is 18.2 Å². The van der Waals surface area contributed by atoms with Crippen molar-refractivity contribution in [2.75, 3.05) is 0 Å². The van der Waals surface area contributed by atoms with E-state index in [0.29, 0.717) is 5.92 Å². The van der Waals surface area contributed by atoms with E-state index in [2.05, 4.69) is 19.1 Å². The molecular formula is C13H17N. The molecule has 1 saturated carbocycles. The minimum atomic E-state index is 0.684. The van der Waals surface area contributed by atoms with Crippen LogP contribution in [-0.4, -0.2) is 5.71 Å². The summed E-state index contributed by atoms with van der Waals surface area (Å²) in [7, 11) is 0. The minimum absolute atomic E-state index is 0.684. The largest absolute Gasteiger partial charge is 0.258 e. The summed E-state index contributed by atoms with van der Waals surface area (Å²) in [6, 6.07) is 10.3. The molecule has 0 heterocycles. The van der Waals surface area contributed by atoms with Crippen molar-refractivity contribution >= 4 is 11.4 Å². The monoisotopic (exact) mass is 187 g/mol. The predicted molar refractivity (Wildman–Crippen MR) is 61.2 cm³/mol. The summed E-state index contributed by atoms with van der Waals surface area (Å²) in [5.74, 6) is 0.684. The molecule has 1 unspecified atom stereocenters. The van der Waals surface area contributed by atoms with Gasteiger partial charge in [-0.15, -0.1) is 0 Å². The summed E-state index contributed by atoms with van der Waals surface area (Å²) in [4.78, 5) is 4.72. The minimum Gasteiger partial charge on any atom is -0.258 e. The van der Waals surface area contributed by atoms with Crippen LogP contribution in [0.4, 0.5) is 5.69 Å². The predicted octanol–water partition coefficient (Wildman–Crippen LogP) is 3.97. The van der Waals surface area contributed by atoms with Gasteiger partial charge in [-0.25, -0.2) is 0 Å². The molecule has 1 aromatic rings. The van der Waals surface area contributed by atoms with Gasteiger partial charge in [0.2, 0.25) is 0 Å². The molecule has 1 aromatic carbocycles. The van der Waals surface area contributed by atoms with Crippen molar-refractivity contribution in [3.8, 4) is 0 Å². The van der Waals surface area contributed by atoms with Gasteiger partial charge < -0.3 is 0 Å². The molecule has 0 aliphatic heterocycles. The molecule has 1 aliphatic rings. The lowest BCUT2D eigenvalue weighted by molar-refractivity contribution is 0.560. The quantitative estimate of drug-likeness (QED) is 0.630. The van der Waals surface area contributed by atoms with E-state index in [-0.39, 0.29) is 0 Å². The first-order valence-corrected chi connectivity index (χ1v) is 5.49. The Morgan fingerprint density at radius 3 is 2.64 bits per heavy atom. The SMILES string of the molecule is CC1CCCCC1=Nc1ccccc1. The van der Waals surface area contributed by atoms with Crippen LogP contribution in [-0.2, 0) is 0 Å². The summed E-state index contributed by atoms with van der Waals surface area (Å²) in [5.41, 5.74) is 2.50. The van der Waals surface area contributed by atoms with Gasteiger partial charge in [0.1, 0.15) is 0 Å². The maximum Gasteiger partial charge on any atom is 0.0629 e. The zero-order valence-corrected chi connectivity index (χ0v) is 8.74. The van der Waals surface area contributed by atoms with Crippen LogP contribution >= 0.6 is 0 Å². The fourth-order valence-electron chi connectivity index (χ4n) is 2.00. The summed E-state index contributed by atoms with van der Waals surface area (Å²) < 4.78 is 0. The van der Waals surface area contributed by atoms with Gasteiger partial charge in [0.05, 0.1) is 5.69 Å². The van der Waals surface area contributed by atoms with Crippen LogP contribution < -0.4 is 0 Å². The van der Waals surface area contributed by atoms with Crippen molar-refractivity contribution in [2.24, 2.45) is 10.9 Å². The molecule has 0 amide bonds. The summed E-state index contributed by atoms with van der Waals surface area (Å²) in [6.07, 6.45) is 5.19. The Bertz CT molecular complexity index is 313. The Labute approximate surface area is 85.9 Å². The second-order valence-electron chi connectivity index (χ2n) is 4.09. The first-order chi connectivity index (χ1) is 6.86. The Kier molecular flexibility index (Phi) is 2.97. The van der Waals surface area contributed by atoms with Crippen LogP contribution in [0, 0.1) is 5.92 Å². The molecule has 0 spiro atoms. The molecule has 0 N–H and O–H groups in total. The van der Waals surface area contributed by atoms with Crippen molar-refractivity contribution in [3.05, 3.63) is 30.3 Å². The maximum absolute atomic E-state index is 4.72. The van der Waals surface area contributed by atoms with Gasteiger partial charge in [-0.3, -0.25) is 4.99 Å². The highest BCUT2D eigenvalue weighted by Gasteiger charge is 2.15. The van der Waals surface area contributed by atoms with Crippen LogP contribution in [0.1, 0.15) is 32.6 Å². The second-order valence-corrected chi connectivity index (χ2v) is 4.09. The Hall–Kier alpha value is -1.11. The maximum atomic E-state index is 4.72. The van der Waals surface area contributed by atoms with E-state index in [4.69, 9.17) is 4.99 Å². The molecule has 1 heteroatoms. The number of hydrogen-bond donors (Lipinski definition) is 0. The van der Waals surface area contributed by atoms with Gasteiger partial charge in [-0.05, 0) is 37.3 Å². The fourth-order valence-corrected chi connectivity index (χ4v) is 2.00. The normalized spacial score (nSPS) is 25.2. The van der Waals surface area contributed by atoms with Gasteiger partial charge in [0.25, 0.3) is 0 Å². The standard InChI is InChI=1S/C13H17N/c1-11-7-5-6-10-13(11)14-12-8-3-2-4-9-12/h2-4,8-9,11H,5-7,10H2,1H3. The number of benzene rings is 1. The fraction of sp³-hybridized carbons (Fsp3) is 0.462. The molecule has 0 saturated heterocycles. The van der Waals surface area contributed by atoms with Gasteiger partial charge in [0.15, 0.2) is 0 Å². The number of rotatable bonds is 1.